The lowest BCUT2D eigenvalue weighted by molar-refractivity contribution is 0.587. The molecule has 2 rings (SSSR count). The van der Waals surface area contributed by atoms with E-state index in [1.54, 1.807) is 0 Å². The van der Waals surface area contributed by atoms with Crippen molar-refractivity contribution in [1.29, 1.82) is 0 Å². The van der Waals surface area contributed by atoms with Crippen LogP contribution in [-0.4, -0.2) is 21.1 Å². The summed E-state index contributed by atoms with van der Waals surface area (Å²) < 4.78 is 13.8. The van der Waals surface area contributed by atoms with E-state index in [0.29, 0.717) is 4.47 Å². The molecule has 0 saturated carbocycles. The second kappa shape index (κ2) is 7.05. The molecule has 2 nitrogen and oxygen atoms in total. The zero-order chi connectivity index (χ0) is 15.4. The summed E-state index contributed by atoms with van der Waals surface area (Å²) in [6.07, 6.45) is 0.816. The van der Waals surface area contributed by atoms with Gasteiger partial charge in [0.2, 0.25) is 0 Å². The Morgan fingerprint density at radius 3 is 2.33 bits per heavy atom. The van der Waals surface area contributed by atoms with Gasteiger partial charge in [-0.1, -0.05) is 18.2 Å². The van der Waals surface area contributed by atoms with E-state index in [0.717, 1.165) is 12.0 Å². The first-order valence-corrected chi connectivity index (χ1v) is 7.69. The normalized spacial score (nSPS) is 12.2. The highest BCUT2D eigenvalue weighted by Gasteiger charge is 2.11. The summed E-state index contributed by atoms with van der Waals surface area (Å²) in [5.74, 6) is -0.227. The van der Waals surface area contributed by atoms with Gasteiger partial charge in [-0.15, -0.1) is 0 Å². The van der Waals surface area contributed by atoms with Crippen molar-refractivity contribution in [3.63, 3.8) is 0 Å². The summed E-state index contributed by atoms with van der Waals surface area (Å²) >= 11 is 3.24. The van der Waals surface area contributed by atoms with E-state index in [1.807, 2.05) is 33.3 Å². The molecule has 0 radical (unpaired) electrons. The van der Waals surface area contributed by atoms with Gasteiger partial charge < -0.3 is 10.2 Å². The van der Waals surface area contributed by atoms with Crippen LogP contribution < -0.4 is 10.2 Å². The second-order valence-corrected chi connectivity index (χ2v) is 6.13. The predicted octanol–water partition coefficient (Wildman–Crippen LogP) is 4.16. The highest BCUT2D eigenvalue weighted by molar-refractivity contribution is 9.10. The van der Waals surface area contributed by atoms with Crippen LogP contribution in [0.1, 0.15) is 17.2 Å². The number of likely N-dealkylation sites (N-methyl/N-ethyl adjacent to an activating group) is 1. The predicted molar refractivity (Wildman–Crippen MR) is 90.4 cm³/mol. The van der Waals surface area contributed by atoms with Gasteiger partial charge in [0.05, 0.1) is 4.47 Å². The maximum absolute atomic E-state index is 13.3. The zero-order valence-electron chi connectivity index (χ0n) is 12.5. The topological polar surface area (TPSA) is 15.3 Å². The highest BCUT2D eigenvalue weighted by Crippen LogP contribution is 2.23. The zero-order valence-corrected chi connectivity index (χ0v) is 14.1. The number of hydrogen-bond acceptors (Lipinski definition) is 2. The van der Waals surface area contributed by atoms with Crippen LogP contribution in [0.25, 0.3) is 0 Å². The molecule has 0 aliphatic heterocycles. The Balaban J connectivity index is 2.17. The van der Waals surface area contributed by atoms with Crippen LogP contribution in [0.15, 0.2) is 46.9 Å². The minimum Gasteiger partial charge on any atom is -0.378 e. The van der Waals surface area contributed by atoms with Crippen molar-refractivity contribution in [3.05, 3.63) is 63.9 Å². The van der Waals surface area contributed by atoms with Crippen molar-refractivity contribution in [2.24, 2.45) is 0 Å². The van der Waals surface area contributed by atoms with Gasteiger partial charge in [-0.05, 0) is 64.8 Å². The maximum atomic E-state index is 13.3. The van der Waals surface area contributed by atoms with E-state index >= 15 is 0 Å². The van der Waals surface area contributed by atoms with E-state index in [2.05, 4.69) is 50.4 Å². The molecule has 0 aromatic heterocycles. The number of nitrogens with one attached hydrogen (secondary N) is 1. The van der Waals surface area contributed by atoms with Crippen LogP contribution in [0.5, 0.6) is 0 Å². The number of benzene rings is 2. The van der Waals surface area contributed by atoms with E-state index in [1.165, 1.54) is 17.3 Å². The highest BCUT2D eigenvalue weighted by atomic mass is 79.9. The lowest BCUT2D eigenvalue weighted by atomic mass is 9.98. The Bertz CT molecular complexity index is 596. The summed E-state index contributed by atoms with van der Waals surface area (Å²) in [5, 5.41) is 3.33. The molecule has 1 N–H and O–H groups in total. The molecule has 0 amide bonds. The first-order valence-electron chi connectivity index (χ1n) is 6.89. The standard InChI is InChI=1S/C17H20BrFN2/c1-20-17(11-12-4-9-16(19)15(18)10-12)13-5-7-14(8-6-13)21(2)3/h4-10,17,20H,11H2,1-3H3. The molecule has 0 spiro atoms. The third-order valence-electron chi connectivity index (χ3n) is 3.58. The van der Waals surface area contributed by atoms with Gasteiger partial charge in [-0.2, -0.15) is 0 Å². The molecule has 2 aromatic rings. The molecule has 0 bridgehead atoms. The molecular formula is C17H20BrFN2. The summed E-state index contributed by atoms with van der Waals surface area (Å²) in [6, 6.07) is 13.9. The van der Waals surface area contributed by atoms with E-state index < -0.39 is 0 Å². The molecule has 0 aliphatic rings. The van der Waals surface area contributed by atoms with Gasteiger partial charge in [0.25, 0.3) is 0 Å². The maximum Gasteiger partial charge on any atom is 0.137 e. The lowest BCUT2D eigenvalue weighted by Gasteiger charge is -2.19. The van der Waals surface area contributed by atoms with Crippen molar-refractivity contribution in [2.75, 3.05) is 26.0 Å². The smallest absolute Gasteiger partial charge is 0.137 e. The summed E-state index contributed by atoms with van der Waals surface area (Å²) in [7, 11) is 6.00. The van der Waals surface area contributed by atoms with Gasteiger partial charge >= 0.3 is 0 Å². The van der Waals surface area contributed by atoms with Gasteiger partial charge in [0.15, 0.2) is 0 Å². The van der Waals surface area contributed by atoms with Crippen LogP contribution in [-0.2, 0) is 6.42 Å². The number of nitrogens with zero attached hydrogens (tertiary/aromatic N) is 1. The molecule has 112 valence electrons. The largest absolute Gasteiger partial charge is 0.378 e. The molecule has 1 atom stereocenters. The van der Waals surface area contributed by atoms with Crippen molar-refractivity contribution in [1.82, 2.24) is 5.32 Å². The molecular weight excluding hydrogens is 331 g/mol. The van der Waals surface area contributed by atoms with Crippen molar-refractivity contribution < 1.29 is 4.39 Å². The van der Waals surface area contributed by atoms with Gasteiger partial charge in [-0.3, -0.25) is 0 Å². The van der Waals surface area contributed by atoms with Crippen molar-refractivity contribution >= 4 is 21.6 Å². The number of rotatable bonds is 5. The Morgan fingerprint density at radius 1 is 1.14 bits per heavy atom. The average molecular weight is 351 g/mol. The first kappa shape index (κ1) is 16.0. The number of halogens is 2. The Morgan fingerprint density at radius 2 is 1.81 bits per heavy atom. The van der Waals surface area contributed by atoms with Gasteiger partial charge in [0.1, 0.15) is 5.82 Å². The van der Waals surface area contributed by atoms with Crippen LogP contribution in [0.4, 0.5) is 10.1 Å². The van der Waals surface area contributed by atoms with Crippen LogP contribution >= 0.6 is 15.9 Å². The third kappa shape index (κ3) is 4.05. The fourth-order valence-corrected chi connectivity index (χ4v) is 2.72. The van der Waals surface area contributed by atoms with Gasteiger partial charge in [-0.25, -0.2) is 4.39 Å². The molecule has 1 unspecified atom stereocenters. The molecule has 2 aromatic carbocycles. The summed E-state index contributed by atoms with van der Waals surface area (Å²) in [5.41, 5.74) is 3.50. The SMILES string of the molecule is CNC(Cc1ccc(F)c(Br)c1)c1ccc(N(C)C)cc1. The third-order valence-corrected chi connectivity index (χ3v) is 4.19. The molecule has 0 saturated heterocycles. The molecule has 0 heterocycles. The molecule has 4 heteroatoms. The fraction of sp³-hybridized carbons (Fsp3) is 0.294. The summed E-state index contributed by atoms with van der Waals surface area (Å²) in [6.45, 7) is 0. The average Bonchev–Trinajstić information content (AvgIpc) is 2.48. The lowest BCUT2D eigenvalue weighted by Crippen LogP contribution is -2.19. The van der Waals surface area contributed by atoms with Crippen LogP contribution in [0.3, 0.4) is 0 Å². The molecule has 0 aliphatic carbocycles. The Labute approximate surface area is 134 Å². The quantitative estimate of drug-likeness (QED) is 0.870. The van der Waals surface area contributed by atoms with E-state index in [-0.39, 0.29) is 11.9 Å². The minimum atomic E-state index is -0.227. The minimum absolute atomic E-state index is 0.207. The Kier molecular flexibility index (Phi) is 5.37. The van der Waals surface area contributed by atoms with Crippen molar-refractivity contribution in [3.8, 4) is 0 Å². The molecule has 21 heavy (non-hydrogen) atoms. The van der Waals surface area contributed by atoms with Crippen molar-refractivity contribution in [2.45, 2.75) is 12.5 Å². The van der Waals surface area contributed by atoms with Crippen LogP contribution in [0, 0.1) is 5.82 Å². The fourth-order valence-electron chi connectivity index (χ4n) is 2.29. The summed E-state index contributed by atoms with van der Waals surface area (Å²) in [4.78, 5) is 2.08. The number of anilines is 1. The van der Waals surface area contributed by atoms with E-state index in [4.69, 9.17) is 0 Å². The van der Waals surface area contributed by atoms with E-state index in [9.17, 15) is 4.39 Å². The number of hydrogen-bond donors (Lipinski definition) is 1. The molecule has 0 fully saturated rings. The monoisotopic (exact) mass is 350 g/mol. The second-order valence-electron chi connectivity index (χ2n) is 5.28. The van der Waals surface area contributed by atoms with Gasteiger partial charge in [0, 0.05) is 25.8 Å². The van der Waals surface area contributed by atoms with Crippen LogP contribution in [0.2, 0.25) is 0 Å². The Hall–Kier alpha value is -1.39. The first-order chi connectivity index (χ1) is 10.0.